The largest absolute Gasteiger partial charge is 0.508 e. The van der Waals surface area contributed by atoms with Gasteiger partial charge in [-0.2, -0.15) is 9.97 Å². The highest BCUT2D eigenvalue weighted by Gasteiger charge is 2.49. The fourth-order valence-electron chi connectivity index (χ4n) is 7.58. The Labute approximate surface area is 258 Å². The molecule has 0 bridgehead atoms. The van der Waals surface area contributed by atoms with Crippen LogP contribution in [0.4, 0.5) is 14.6 Å². The zero-order valence-corrected chi connectivity index (χ0v) is 25.1. The van der Waals surface area contributed by atoms with Crippen LogP contribution >= 0.6 is 11.6 Å². The van der Waals surface area contributed by atoms with Crippen molar-refractivity contribution in [3.8, 4) is 28.9 Å². The number of nitrogens with one attached hydrogen (secondary N) is 1. The predicted molar refractivity (Wildman–Crippen MR) is 164 cm³/mol. The van der Waals surface area contributed by atoms with Gasteiger partial charge in [0, 0.05) is 48.1 Å². The van der Waals surface area contributed by atoms with Crippen molar-refractivity contribution in [3.63, 3.8) is 0 Å². The maximum atomic E-state index is 16.9. The molecule has 8 rings (SSSR count). The summed E-state index contributed by atoms with van der Waals surface area (Å²) in [5.74, 6) is -0.0267. The average molecular weight is 623 g/mol. The molecule has 4 atom stereocenters. The summed E-state index contributed by atoms with van der Waals surface area (Å²) in [6, 6.07) is 8.48. The molecule has 6 heterocycles. The first-order valence-corrected chi connectivity index (χ1v) is 15.7. The van der Waals surface area contributed by atoms with Gasteiger partial charge in [-0.25, -0.2) is 13.8 Å². The zero-order chi connectivity index (χ0) is 30.2. The summed E-state index contributed by atoms with van der Waals surface area (Å²) in [7, 11) is 0. The van der Waals surface area contributed by atoms with Gasteiger partial charge in [0.2, 0.25) is 5.88 Å². The predicted octanol–water partition coefficient (Wildman–Crippen LogP) is 5.25. The van der Waals surface area contributed by atoms with Gasteiger partial charge in [-0.3, -0.25) is 4.90 Å². The number of pyridine rings is 1. The standard InChI is InChI=1S/C32H33ClF2N6O3/c1-2-19-14-41-20(12-36-19)15-43-30-25-28(26(35)27(37-30)22-10-21(42)9-17-5-3-6-23(33)24(17)22)38-31(39-29(25)41)44-16-32-7-4-8-40(32)13-18(34)11-32/h3,5-6,9-10,18-20,36,42H,2,4,7-8,11-16H2,1H3/t18-,19-,20-,32?/m1/s1. The summed E-state index contributed by atoms with van der Waals surface area (Å²) in [4.78, 5) is 18.5. The van der Waals surface area contributed by atoms with E-state index in [-0.39, 0.29) is 47.5 Å². The van der Waals surface area contributed by atoms with Gasteiger partial charge in [-0.1, -0.05) is 30.7 Å². The Balaban J connectivity index is 1.31. The number of phenolic OH excluding ortho intramolecular Hbond substituents is 1. The van der Waals surface area contributed by atoms with Gasteiger partial charge in [0.15, 0.2) is 5.82 Å². The fraction of sp³-hybridized carbons (Fsp3) is 0.469. The SMILES string of the molecule is CC[C@@H]1CN2c3nc(OCC45CCCN4C[C@H](F)C5)nc4c(F)c(-c5cc(O)cc6cccc(Cl)c56)nc(c34)OC[C@H]2CN1. The smallest absolute Gasteiger partial charge is 0.319 e. The molecule has 3 saturated heterocycles. The van der Waals surface area contributed by atoms with E-state index < -0.39 is 17.5 Å². The van der Waals surface area contributed by atoms with Crippen molar-refractivity contribution >= 4 is 39.1 Å². The van der Waals surface area contributed by atoms with E-state index in [0.29, 0.717) is 65.2 Å². The maximum Gasteiger partial charge on any atom is 0.319 e. The van der Waals surface area contributed by atoms with Gasteiger partial charge in [-0.15, -0.1) is 0 Å². The van der Waals surface area contributed by atoms with Crippen LogP contribution < -0.4 is 19.7 Å². The average Bonchev–Trinajstić information content (AvgIpc) is 3.49. The third kappa shape index (κ3) is 4.42. The third-order valence-electron chi connectivity index (χ3n) is 9.79. The number of phenols is 1. The third-order valence-corrected chi connectivity index (χ3v) is 10.1. The van der Waals surface area contributed by atoms with Crippen molar-refractivity contribution in [2.24, 2.45) is 0 Å². The molecule has 4 aliphatic heterocycles. The number of anilines is 1. The molecule has 0 saturated carbocycles. The minimum atomic E-state index is -0.900. The van der Waals surface area contributed by atoms with Gasteiger partial charge in [0.1, 0.15) is 47.5 Å². The molecule has 0 radical (unpaired) electrons. The molecular weight excluding hydrogens is 590 g/mol. The van der Waals surface area contributed by atoms with Crippen LogP contribution in [0, 0.1) is 5.82 Å². The molecule has 0 amide bonds. The quantitative estimate of drug-likeness (QED) is 0.310. The number of hydrogen-bond donors (Lipinski definition) is 2. The fourth-order valence-corrected chi connectivity index (χ4v) is 7.86. The van der Waals surface area contributed by atoms with Gasteiger partial charge in [0.25, 0.3) is 0 Å². The number of benzene rings is 2. The number of piperazine rings is 1. The Kier molecular flexibility index (Phi) is 6.69. The van der Waals surface area contributed by atoms with E-state index in [1.165, 1.54) is 6.07 Å². The lowest BCUT2D eigenvalue weighted by Gasteiger charge is -2.39. The van der Waals surface area contributed by atoms with Crippen LogP contribution in [0.1, 0.15) is 32.6 Å². The number of hydrogen-bond acceptors (Lipinski definition) is 9. The summed E-state index contributed by atoms with van der Waals surface area (Å²) in [5.41, 5.74) is -0.124. The van der Waals surface area contributed by atoms with Crippen LogP contribution in [0.15, 0.2) is 30.3 Å². The number of fused-ring (bicyclic) bond motifs is 4. The lowest BCUT2D eigenvalue weighted by atomic mass is 9.95. The molecule has 4 aliphatic rings. The van der Waals surface area contributed by atoms with E-state index in [2.05, 4.69) is 27.0 Å². The first-order valence-electron chi connectivity index (χ1n) is 15.3. The first-order chi connectivity index (χ1) is 21.3. The number of alkyl halides is 1. The Morgan fingerprint density at radius 3 is 2.95 bits per heavy atom. The van der Waals surface area contributed by atoms with Gasteiger partial charge in [-0.05, 0) is 49.4 Å². The van der Waals surface area contributed by atoms with E-state index in [4.69, 9.17) is 31.0 Å². The van der Waals surface area contributed by atoms with Crippen LogP contribution in [-0.4, -0.2) is 88.1 Å². The topological polar surface area (TPSA) is 95.9 Å². The lowest BCUT2D eigenvalue weighted by Crippen LogP contribution is -2.58. The normalized spacial score (nSPS) is 26.5. The molecule has 2 aromatic carbocycles. The monoisotopic (exact) mass is 622 g/mol. The molecule has 0 spiro atoms. The molecule has 12 heteroatoms. The van der Waals surface area contributed by atoms with Crippen molar-refractivity contribution in [2.75, 3.05) is 44.3 Å². The summed E-state index contributed by atoms with van der Waals surface area (Å²) in [6.07, 6.45) is 2.22. The summed E-state index contributed by atoms with van der Waals surface area (Å²) in [5, 5.41) is 16.1. The lowest BCUT2D eigenvalue weighted by molar-refractivity contribution is 0.107. The number of rotatable bonds is 5. The number of halogens is 3. The molecule has 44 heavy (non-hydrogen) atoms. The summed E-state index contributed by atoms with van der Waals surface area (Å²) in [6.45, 7) is 5.18. The van der Waals surface area contributed by atoms with Crippen molar-refractivity contribution in [2.45, 2.75) is 56.4 Å². The Morgan fingerprint density at radius 1 is 1.20 bits per heavy atom. The number of aromatic nitrogens is 3. The molecule has 0 aliphatic carbocycles. The van der Waals surface area contributed by atoms with E-state index >= 15 is 4.39 Å². The second kappa shape index (κ2) is 10.5. The van der Waals surface area contributed by atoms with Crippen molar-refractivity contribution in [1.29, 1.82) is 0 Å². The van der Waals surface area contributed by atoms with E-state index in [0.717, 1.165) is 25.8 Å². The van der Waals surface area contributed by atoms with E-state index in [1.54, 1.807) is 24.3 Å². The number of aromatic hydroxyl groups is 1. The highest BCUT2D eigenvalue weighted by atomic mass is 35.5. The van der Waals surface area contributed by atoms with Crippen molar-refractivity contribution in [3.05, 3.63) is 41.2 Å². The molecule has 1 unspecified atom stereocenters. The van der Waals surface area contributed by atoms with Gasteiger partial charge < -0.3 is 24.8 Å². The Bertz CT molecular complexity index is 1800. The second-order valence-corrected chi connectivity index (χ2v) is 12.9. The van der Waals surface area contributed by atoms with Gasteiger partial charge in [0.05, 0.1) is 11.6 Å². The molecule has 4 aromatic rings. The minimum absolute atomic E-state index is 0.0105. The van der Waals surface area contributed by atoms with E-state index in [1.807, 2.05) is 0 Å². The molecule has 2 aromatic heterocycles. The molecule has 9 nitrogen and oxygen atoms in total. The number of nitrogens with zero attached hydrogens (tertiary/aromatic N) is 5. The van der Waals surface area contributed by atoms with Crippen molar-refractivity contribution in [1.82, 2.24) is 25.2 Å². The maximum absolute atomic E-state index is 16.9. The molecule has 3 fully saturated rings. The van der Waals surface area contributed by atoms with Crippen LogP contribution in [-0.2, 0) is 0 Å². The van der Waals surface area contributed by atoms with E-state index in [9.17, 15) is 9.50 Å². The number of ether oxygens (including phenoxy) is 2. The Morgan fingerprint density at radius 2 is 2.09 bits per heavy atom. The highest BCUT2D eigenvalue weighted by molar-refractivity contribution is 6.36. The highest BCUT2D eigenvalue weighted by Crippen LogP contribution is 2.45. The van der Waals surface area contributed by atoms with Gasteiger partial charge >= 0.3 is 6.01 Å². The minimum Gasteiger partial charge on any atom is -0.508 e. The van der Waals surface area contributed by atoms with Crippen LogP contribution in [0.2, 0.25) is 5.02 Å². The van der Waals surface area contributed by atoms with Crippen LogP contribution in [0.3, 0.4) is 0 Å². The summed E-state index contributed by atoms with van der Waals surface area (Å²) < 4.78 is 43.9. The van der Waals surface area contributed by atoms with Crippen LogP contribution in [0.5, 0.6) is 17.6 Å². The van der Waals surface area contributed by atoms with Crippen molar-refractivity contribution < 1.29 is 23.4 Å². The first kappa shape index (κ1) is 28.0. The zero-order valence-electron chi connectivity index (χ0n) is 24.3. The Hall–Kier alpha value is -3.54. The second-order valence-electron chi connectivity index (χ2n) is 12.5. The molecular formula is C32H33ClF2N6O3. The van der Waals surface area contributed by atoms with Crippen LogP contribution in [0.25, 0.3) is 32.9 Å². The molecule has 2 N–H and O–H groups in total. The molecule has 230 valence electrons. The summed E-state index contributed by atoms with van der Waals surface area (Å²) >= 11 is 6.61.